The molecule has 0 aliphatic rings. The van der Waals surface area contributed by atoms with E-state index >= 15 is 0 Å². The van der Waals surface area contributed by atoms with E-state index in [0.29, 0.717) is 13.2 Å². The second kappa shape index (κ2) is 5.35. The van der Waals surface area contributed by atoms with E-state index in [1.165, 1.54) is 0 Å². The molecule has 1 atom stereocenters. The van der Waals surface area contributed by atoms with Gasteiger partial charge < -0.3 is 10.5 Å². The molecule has 1 aromatic carbocycles. The molecule has 0 spiro atoms. The third-order valence-electron chi connectivity index (χ3n) is 2.16. The number of hydrogen-bond donors (Lipinski definition) is 1. The highest BCUT2D eigenvalue weighted by atomic mass is 35.5. The van der Waals surface area contributed by atoms with Crippen molar-refractivity contribution in [3.8, 4) is 0 Å². The van der Waals surface area contributed by atoms with Crippen molar-refractivity contribution in [2.24, 2.45) is 5.73 Å². The van der Waals surface area contributed by atoms with Gasteiger partial charge in [-0.1, -0.05) is 17.7 Å². The molecule has 1 rings (SSSR count). The van der Waals surface area contributed by atoms with Gasteiger partial charge in [0.05, 0.1) is 6.10 Å². The van der Waals surface area contributed by atoms with E-state index < -0.39 is 0 Å². The number of benzene rings is 1. The van der Waals surface area contributed by atoms with Crippen LogP contribution in [0.4, 0.5) is 0 Å². The second-order valence-corrected chi connectivity index (χ2v) is 3.62. The lowest BCUT2D eigenvalue weighted by Crippen LogP contribution is -2.16. The monoisotopic (exact) mass is 213 g/mol. The average Bonchev–Trinajstić information content (AvgIpc) is 2.15. The summed E-state index contributed by atoms with van der Waals surface area (Å²) in [4.78, 5) is 0. The molecule has 0 heterocycles. The van der Waals surface area contributed by atoms with Crippen molar-refractivity contribution in [3.63, 3.8) is 0 Å². The van der Waals surface area contributed by atoms with Crippen LogP contribution >= 0.6 is 11.6 Å². The summed E-state index contributed by atoms with van der Waals surface area (Å²) in [7, 11) is 0. The first-order valence-electron chi connectivity index (χ1n) is 4.76. The van der Waals surface area contributed by atoms with Gasteiger partial charge in [-0.25, -0.2) is 0 Å². The van der Waals surface area contributed by atoms with Gasteiger partial charge in [0.15, 0.2) is 0 Å². The molecule has 0 saturated heterocycles. The molecule has 14 heavy (non-hydrogen) atoms. The van der Waals surface area contributed by atoms with E-state index in [4.69, 9.17) is 22.1 Å². The summed E-state index contributed by atoms with van der Waals surface area (Å²) in [6.45, 7) is 5.15. The largest absolute Gasteiger partial charge is 0.372 e. The summed E-state index contributed by atoms with van der Waals surface area (Å²) in [6.07, 6.45) is -0.0164. The molecular formula is C11H16ClNO. The smallest absolute Gasteiger partial charge is 0.0949 e. The van der Waals surface area contributed by atoms with Crippen LogP contribution in [0.2, 0.25) is 5.02 Å². The van der Waals surface area contributed by atoms with Crippen molar-refractivity contribution < 1.29 is 4.74 Å². The first-order valence-corrected chi connectivity index (χ1v) is 5.14. The molecule has 0 amide bonds. The first kappa shape index (κ1) is 11.5. The fourth-order valence-electron chi connectivity index (χ4n) is 1.49. The van der Waals surface area contributed by atoms with Crippen LogP contribution in [-0.4, -0.2) is 13.2 Å². The molecule has 0 aliphatic carbocycles. The highest BCUT2D eigenvalue weighted by molar-refractivity contribution is 6.30. The van der Waals surface area contributed by atoms with Crippen LogP contribution in [-0.2, 0) is 4.74 Å². The quantitative estimate of drug-likeness (QED) is 0.835. The van der Waals surface area contributed by atoms with E-state index in [2.05, 4.69) is 0 Å². The summed E-state index contributed by atoms with van der Waals surface area (Å²) in [5.41, 5.74) is 7.89. The Balaban J connectivity index is 2.92. The van der Waals surface area contributed by atoms with Gasteiger partial charge in [-0.15, -0.1) is 0 Å². The zero-order chi connectivity index (χ0) is 10.6. The van der Waals surface area contributed by atoms with Crippen molar-refractivity contribution >= 4 is 11.6 Å². The Morgan fingerprint density at radius 3 is 2.71 bits per heavy atom. The summed E-state index contributed by atoms with van der Waals surface area (Å²) >= 11 is 5.87. The zero-order valence-electron chi connectivity index (χ0n) is 8.59. The molecule has 2 nitrogen and oxygen atoms in total. The molecular weight excluding hydrogens is 198 g/mol. The maximum absolute atomic E-state index is 5.87. The van der Waals surface area contributed by atoms with Crippen LogP contribution in [0.15, 0.2) is 18.2 Å². The van der Waals surface area contributed by atoms with Crippen LogP contribution in [0.25, 0.3) is 0 Å². The van der Waals surface area contributed by atoms with E-state index in [9.17, 15) is 0 Å². The van der Waals surface area contributed by atoms with Crippen molar-refractivity contribution in [2.45, 2.75) is 20.0 Å². The van der Waals surface area contributed by atoms with Gasteiger partial charge in [0, 0.05) is 18.2 Å². The summed E-state index contributed by atoms with van der Waals surface area (Å²) in [5, 5.41) is 0.749. The zero-order valence-corrected chi connectivity index (χ0v) is 9.34. The van der Waals surface area contributed by atoms with Crippen LogP contribution in [0, 0.1) is 6.92 Å². The molecule has 0 radical (unpaired) electrons. The van der Waals surface area contributed by atoms with Crippen molar-refractivity contribution in [3.05, 3.63) is 34.3 Å². The van der Waals surface area contributed by atoms with Gasteiger partial charge >= 0.3 is 0 Å². The van der Waals surface area contributed by atoms with E-state index in [-0.39, 0.29) is 6.10 Å². The Morgan fingerprint density at radius 2 is 2.21 bits per heavy atom. The minimum Gasteiger partial charge on any atom is -0.372 e. The van der Waals surface area contributed by atoms with Gasteiger partial charge in [-0.2, -0.15) is 0 Å². The van der Waals surface area contributed by atoms with Gasteiger partial charge in [0.25, 0.3) is 0 Å². The molecule has 0 fully saturated rings. The van der Waals surface area contributed by atoms with E-state index in [0.717, 1.165) is 16.1 Å². The lowest BCUT2D eigenvalue weighted by atomic mass is 10.0. The van der Waals surface area contributed by atoms with Crippen LogP contribution in [0.3, 0.4) is 0 Å². The number of aryl methyl sites for hydroxylation is 1. The Labute approximate surface area is 90.0 Å². The molecule has 3 heteroatoms. The average molecular weight is 214 g/mol. The van der Waals surface area contributed by atoms with Crippen molar-refractivity contribution in [2.75, 3.05) is 13.2 Å². The van der Waals surface area contributed by atoms with Gasteiger partial charge in [0.2, 0.25) is 0 Å². The van der Waals surface area contributed by atoms with E-state index in [1.807, 2.05) is 32.0 Å². The van der Waals surface area contributed by atoms with Crippen LogP contribution in [0.1, 0.15) is 24.2 Å². The van der Waals surface area contributed by atoms with Crippen molar-refractivity contribution in [1.29, 1.82) is 0 Å². The van der Waals surface area contributed by atoms with Crippen molar-refractivity contribution in [1.82, 2.24) is 0 Å². The number of halogens is 1. The minimum absolute atomic E-state index is 0.0164. The molecule has 1 unspecified atom stereocenters. The lowest BCUT2D eigenvalue weighted by molar-refractivity contribution is 0.0684. The maximum Gasteiger partial charge on any atom is 0.0949 e. The molecule has 0 bridgehead atoms. The number of rotatable bonds is 4. The normalized spacial score (nSPS) is 12.9. The highest BCUT2D eigenvalue weighted by Crippen LogP contribution is 2.23. The van der Waals surface area contributed by atoms with Crippen LogP contribution in [0.5, 0.6) is 0 Å². The molecule has 78 valence electrons. The fourth-order valence-corrected chi connectivity index (χ4v) is 1.71. The maximum atomic E-state index is 5.87. The van der Waals surface area contributed by atoms with E-state index in [1.54, 1.807) is 0 Å². The molecule has 0 saturated carbocycles. The predicted octanol–water partition coefficient (Wildman–Crippen LogP) is 2.68. The minimum atomic E-state index is -0.0164. The Hall–Kier alpha value is -0.570. The molecule has 0 aromatic heterocycles. The topological polar surface area (TPSA) is 35.2 Å². The number of hydrogen-bond acceptors (Lipinski definition) is 2. The number of ether oxygens (including phenoxy) is 1. The Bertz CT molecular complexity index is 301. The second-order valence-electron chi connectivity index (χ2n) is 3.18. The number of nitrogens with two attached hydrogens (primary N) is 1. The van der Waals surface area contributed by atoms with Crippen LogP contribution < -0.4 is 5.73 Å². The molecule has 1 aromatic rings. The molecule has 0 aliphatic heterocycles. The Kier molecular flexibility index (Phi) is 4.39. The summed E-state index contributed by atoms with van der Waals surface area (Å²) < 4.78 is 5.53. The third-order valence-corrected chi connectivity index (χ3v) is 2.40. The van der Waals surface area contributed by atoms with Gasteiger partial charge in [-0.3, -0.25) is 0 Å². The predicted molar refractivity (Wildman–Crippen MR) is 59.6 cm³/mol. The SMILES string of the molecule is CCOC(CN)c1ccc(Cl)cc1C. The standard InChI is InChI=1S/C11H16ClNO/c1-3-14-11(7-13)10-5-4-9(12)6-8(10)2/h4-6,11H,3,7,13H2,1-2H3. The van der Waals surface area contributed by atoms with Gasteiger partial charge in [0.1, 0.15) is 0 Å². The lowest BCUT2D eigenvalue weighted by Gasteiger charge is -2.17. The third kappa shape index (κ3) is 2.71. The summed E-state index contributed by atoms with van der Waals surface area (Å²) in [6, 6.07) is 5.77. The Morgan fingerprint density at radius 1 is 1.50 bits per heavy atom. The highest BCUT2D eigenvalue weighted by Gasteiger charge is 2.11. The van der Waals surface area contributed by atoms with Gasteiger partial charge in [-0.05, 0) is 37.1 Å². The molecule has 2 N–H and O–H groups in total. The first-order chi connectivity index (χ1) is 6.69. The fraction of sp³-hybridized carbons (Fsp3) is 0.455. The summed E-state index contributed by atoms with van der Waals surface area (Å²) in [5.74, 6) is 0.